The molecule has 8 heteroatoms. The first-order valence-corrected chi connectivity index (χ1v) is 10.8. The van der Waals surface area contributed by atoms with Gasteiger partial charge in [0.1, 0.15) is 5.75 Å². The molecule has 3 aliphatic rings. The lowest BCUT2D eigenvalue weighted by Gasteiger charge is -2.29. The van der Waals surface area contributed by atoms with Crippen molar-refractivity contribution in [2.45, 2.75) is 12.8 Å². The van der Waals surface area contributed by atoms with Crippen molar-refractivity contribution in [1.29, 1.82) is 0 Å². The van der Waals surface area contributed by atoms with Crippen LogP contribution in [0.2, 0.25) is 0 Å². The van der Waals surface area contributed by atoms with Gasteiger partial charge in [-0.3, -0.25) is 19.4 Å². The molecule has 3 saturated heterocycles. The van der Waals surface area contributed by atoms with Crippen molar-refractivity contribution in [3.05, 3.63) is 24.3 Å². The summed E-state index contributed by atoms with van der Waals surface area (Å²) in [7, 11) is 1.59. The highest BCUT2D eigenvalue weighted by Gasteiger charge is 2.50. The van der Waals surface area contributed by atoms with Crippen LogP contribution in [0.3, 0.4) is 0 Å². The molecule has 3 heterocycles. The maximum absolute atomic E-state index is 13.1. The van der Waals surface area contributed by atoms with Gasteiger partial charge in [-0.1, -0.05) is 12.1 Å². The first kappa shape index (κ1) is 21.1. The van der Waals surface area contributed by atoms with Gasteiger partial charge in [0, 0.05) is 39.3 Å². The molecule has 164 valence electrons. The van der Waals surface area contributed by atoms with Gasteiger partial charge in [0.15, 0.2) is 0 Å². The van der Waals surface area contributed by atoms with E-state index in [9.17, 15) is 9.59 Å². The van der Waals surface area contributed by atoms with Gasteiger partial charge in [0.2, 0.25) is 11.8 Å². The SMILES string of the molecule is COc1ccccc1NC(=O)CN1CCC2(CCN(CCN3CCOCC3)C2=O)C1. The van der Waals surface area contributed by atoms with Crippen molar-refractivity contribution in [1.82, 2.24) is 14.7 Å². The molecule has 0 saturated carbocycles. The van der Waals surface area contributed by atoms with E-state index < -0.39 is 0 Å². The zero-order valence-corrected chi connectivity index (χ0v) is 17.8. The molecule has 0 aromatic heterocycles. The zero-order chi connectivity index (χ0) is 21.0. The fraction of sp³-hybridized carbons (Fsp3) is 0.636. The molecular weight excluding hydrogens is 384 g/mol. The second-order valence-corrected chi connectivity index (χ2v) is 8.49. The molecule has 30 heavy (non-hydrogen) atoms. The van der Waals surface area contributed by atoms with E-state index in [-0.39, 0.29) is 17.2 Å². The third-order valence-electron chi connectivity index (χ3n) is 6.57. The highest BCUT2D eigenvalue weighted by molar-refractivity contribution is 5.94. The van der Waals surface area contributed by atoms with Crippen molar-refractivity contribution < 1.29 is 19.1 Å². The van der Waals surface area contributed by atoms with E-state index in [4.69, 9.17) is 9.47 Å². The summed E-state index contributed by atoms with van der Waals surface area (Å²) < 4.78 is 10.7. The van der Waals surface area contributed by atoms with Gasteiger partial charge >= 0.3 is 0 Å². The van der Waals surface area contributed by atoms with Crippen LogP contribution in [-0.4, -0.2) is 99.2 Å². The lowest BCUT2D eigenvalue weighted by Crippen LogP contribution is -2.43. The summed E-state index contributed by atoms with van der Waals surface area (Å²) in [6.45, 7) is 7.72. The Morgan fingerprint density at radius 1 is 1.10 bits per heavy atom. The Kier molecular flexibility index (Phi) is 6.55. The molecule has 3 fully saturated rings. The molecule has 1 atom stereocenters. The van der Waals surface area contributed by atoms with Crippen molar-refractivity contribution in [3.63, 3.8) is 0 Å². The third-order valence-corrected chi connectivity index (χ3v) is 6.57. The maximum atomic E-state index is 13.1. The topological polar surface area (TPSA) is 74.3 Å². The van der Waals surface area contributed by atoms with E-state index in [0.717, 1.165) is 65.3 Å². The predicted molar refractivity (Wildman–Crippen MR) is 114 cm³/mol. The quantitative estimate of drug-likeness (QED) is 0.712. The average Bonchev–Trinajstić information content (AvgIpc) is 3.31. The van der Waals surface area contributed by atoms with Crippen LogP contribution in [0.4, 0.5) is 5.69 Å². The number of carbonyl (C=O) groups is 2. The van der Waals surface area contributed by atoms with Crippen LogP contribution < -0.4 is 10.1 Å². The zero-order valence-electron chi connectivity index (χ0n) is 17.8. The lowest BCUT2D eigenvalue weighted by molar-refractivity contribution is -0.136. The maximum Gasteiger partial charge on any atom is 0.238 e. The molecule has 1 unspecified atom stereocenters. The lowest BCUT2D eigenvalue weighted by atomic mass is 9.85. The number of hydrogen-bond acceptors (Lipinski definition) is 6. The standard InChI is InChI=1S/C22H32N4O4/c1-29-19-5-3-2-4-18(19)23-20(27)16-25-8-6-22(17-25)7-9-26(21(22)28)11-10-24-12-14-30-15-13-24/h2-5H,6-17H2,1H3,(H,23,27). The Morgan fingerprint density at radius 3 is 2.67 bits per heavy atom. The number of nitrogens with zero attached hydrogens (tertiary/aromatic N) is 3. The molecule has 0 aliphatic carbocycles. The molecule has 0 radical (unpaired) electrons. The molecule has 8 nitrogen and oxygen atoms in total. The second-order valence-electron chi connectivity index (χ2n) is 8.49. The van der Waals surface area contributed by atoms with E-state index in [0.29, 0.717) is 24.5 Å². The number of carbonyl (C=O) groups excluding carboxylic acids is 2. The molecule has 4 rings (SSSR count). The molecule has 0 bridgehead atoms. The van der Waals surface area contributed by atoms with Gasteiger partial charge in [-0.2, -0.15) is 0 Å². The van der Waals surface area contributed by atoms with Gasteiger partial charge in [0.25, 0.3) is 0 Å². The van der Waals surface area contributed by atoms with Gasteiger partial charge in [-0.15, -0.1) is 0 Å². The summed E-state index contributed by atoms with van der Waals surface area (Å²) in [6, 6.07) is 7.39. The highest BCUT2D eigenvalue weighted by Crippen LogP contribution is 2.40. The Labute approximate surface area is 178 Å². The van der Waals surface area contributed by atoms with Crippen molar-refractivity contribution in [2.24, 2.45) is 5.41 Å². The number of nitrogens with one attached hydrogen (secondary N) is 1. The average molecular weight is 417 g/mol. The summed E-state index contributed by atoms with van der Waals surface area (Å²) in [5, 5.41) is 2.93. The third kappa shape index (κ3) is 4.61. The Hall–Kier alpha value is -2.16. The number of para-hydroxylation sites is 2. The number of morpholine rings is 1. The fourth-order valence-electron chi connectivity index (χ4n) is 4.81. The number of rotatable bonds is 7. The van der Waals surface area contributed by atoms with Gasteiger partial charge in [-0.05, 0) is 31.5 Å². The molecule has 1 spiro atoms. The molecule has 2 amide bonds. The van der Waals surface area contributed by atoms with Crippen molar-refractivity contribution in [3.8, 4) is 5.75 Å². The molecular formula is C22H32N4O4. The van der Waals surface area contributed by atoms with Crippen LogP contribution in [0, 0.1) is 5.41 Å². The van der Waals surface area contributed by atoms with Crippen LogP contribution in [0.5, 0.6) is 5.75 Å². The number of benzene rings is 1. The molecule has 1 N–H and O–H groups in total. The largest absolute Gasteiger partial charge is 0.495 e. The molecule has 1 aromatic carbocycles. The number of anilines is 1. The number of amides is 2. The summed E-state index contributed by atoms with van der Waals surface area (Å²) in [6.07, 6.45) is 1.72. The van der Waals surface area contributed by atoms with E-state index in [1.165, 1.54) is 0 Å². The Balaban J connectivity index is 1.27. The number of ether oxygens (including phenoxy) is 2. The number of methoxy groups -OCH3 is 1. The number of likely N-dealkylation sites (tertiary alicyclic amines) is 2. The van der Waals surface area contributed by atoms with Crippen LogP contribution in [0.1, 0.15) is 12.8 Å². The Morgan fingerprint density at radius 2 is 1.87 bits per heavy atom. The van der Waals surface area contributed by atoms with Crippen LogP contribution in [0.25, 0.3) is 0 Å². The van der Waals surface area contributed by atoms with E-state index in [1.54, 1.807) is 7.11 Å². The smallest absolute Gasteiger partial charge is 0.238 e. The van der Waals surface area contributed by atoms with Gasteiger partial charge in [0.05, 0.1) is 38.0 Å². The minimum absolute atomic E-state index is 0.0776. The van der Waals surface area contributed by atoms with Crippen LogP contribution >= 0.6 is 0 Å². The monoisotopic (exact) mass is 416 g/mol. The summed E-state index contributed by atoms with van der Waals surface area (Å²) in [5.41, 5.74) is 0.362. The normalized spacial score (nSPS) is 25.2. The fourth-order valence-corrected chi connectivity index (χ4v) is 4.81. The van der Waals surface area contributed by atoms with Gasteiger partial charge < -0.3 is 19.7 Å². The first-order chi connectivity index (χ1) is 14.6. The van der Waals surface area contributed by atoms with Crippen molar-refractivity contribution in [2.75, 3.05) is 78.0 Å². The van der Waals surface area contributed by atoms with E-state index in [1.807, 2.05) is 29.2 Å². The first-order valence-electron chi connectivity index (χ1n) is 10.8. The summed E-state index contributed by atoms with van der Waals surface area (Å²) in [4.78, 5) is 32.2. The number of hydrogen-bond donors (Lipinski definition) is 1. The van der Waals surface area contributed by atoms with Crippen LogP contribution in [-0.2, 0) is 14.3 Å². The highest BCUT2D eigenvalue weighted by atomic mass is 16.5. The van der Waals surface area contributed by atoms with E-state index in [2.05, 4.69) is 15.1 Å². The minimum atomic E-state index is -0.310. The summed E-state index contributed by atoms with van der Waals surface area (Å²) in [5.74, 6) is 0.834. The van der Waals surface area contributed by atoms with Gasteiger partial charge in [-0.25, -0.2) is 0 Å². The predicted octanol–water partition coefficient (Wildman–Crippen LogP) is 0.890. The van der Waals surface area contributed by atoms with E-state index >= 15 is 0 Å². The second kappa shape index (κ2) is 9.32. The Bertz CT molecular complexity index is 767. The molecule has 1 aromatic rings. The summed E-state index contributed by atoms with van der Waals surface area (Å²) >= 11 is 0. The molecule has 3 aliphatic heterocycles. The minimum Gasteiger partial charge on any atom is -0.495 e. The van der Waals surface area contributed by atoms with Crippen LogP contribution in [0.15, 0.2) is 24.3 Å². The van der Waals surface area contributed by atoms with Crippen molar-refractivity contribution >= 4 is 17.5 Å².